The summed E-state index contributed by atoms with van der Waals surface area (Å²) in [6, 6.07) is 18.8. The standard InChI is InChI=1S/C19H16N6O/c1-26-16-9-7-13(8-10-16)11-14(12-20)17-23-18(21)25-19(24-17)22-15-5-3-2-4-6-15/h2-11H,1H3,(H3,21,22,23,24,25)/b14-11+. The van der Waals surface area contributed by atoms with Crippen molar-refractivity contribution in [2.24, 2.45) is 0 Å². The van der Waals surface area contributed by atoms with Crippen molar-refractivity contribution >= 4 is 29.2 Å². The second-order valence-corrected chi connectivity index (χ2v) is 5.27. The molecule has 0 radical (unpaired) electrons. The molecule has 26 heavy (non-hydrogen) atoms. The van der Waals surface area contributed by atoms with Gasteiger partial charge in [-0.3, -0.25) is 0 Å². The number of benzene rings is 2. The van der Waals surface area contributed by atoms with Crippen LogP contribution < -0.4 is 15.8 Å². The van der Waals surface area contributed by atoms with Gasteiger partial charge < -0.3 is 15.8 Å². The quantitative estimate of drug-likeness (QED) is 0.683. The first kappa shape index (κ1) is 16.9. The third-order valence-electron chi connectivity index (χ3n) is 3.47. The third kappa shape index (κ3) is 4.13. The van der Waals surface area contributed by atoms with E-state index in [4.69, 9.17) is 10.5 Å². The Labute approximate surface area is 150 Å². The lowest BCUT2D eigenvalue weighted by Crippen LogP contribution is -2.06. The lowest BCUT2D eigenvalue weighted by Gasteiger charge is -2.07. The van der Waals surface area contributed by atoms with E-state index in [0.717, 1.165) is 17.0 Å². The molecule has 0 amide bonds. The molecular formula is C19H16N6O. The van der Waals surface area contributed by atoms with Crippen LogP contribution in [0.1, 0.15) is 11.4 Å². The maximum atomic E-state index is 9.51. The smallest absolute Gasteiger partial charge is 0.232 e. The molecule has 1 heterocycles. The number of nitrogens with one attached hydrogen (secondary N) is 1. The van der Waals surface area contributed by atoms with Gasteiger partial charge in [-0.2, -0.15) is 20.2 Å². The molecule has 2 aromatic carbocycles. The largest absolute Gasteiger partial charge is 0.497 e. The Morgan fingerprint density at radius 3 is 2.46 bits per heavy atom. The van der Waals surface area contributed by atoms with Crippen LogP contribution in [-0.2, 0) is 0 Å². The topological polar surface area (TPSA) is 110 Å². The number of anilines is 3. The molecule has 0 atom stereocenters. The molecule has 0 fully saturated rings. The molecule has 7 heteroatoms. The average Bonchev–Trinajstić information content (AvgIpc) is 2.67. The number of nitrogens with zero attached hydrogens (tertiary/aromatic N) is 4. The highest BCUT2D eigenvalue weighted by atomic mass is 16.5. The summed E-state index contributed by atoms with van der Waals surface area (Å²) in [6.45, 7) is 0. The van der Waals surface area contributed by atoms with E-state index >= 15 is 0 Å². The molecular weight excluding hydrogens is 328 g/mol. The van der Waals surface area contributed by atoms with Crippen molar-refractivity contribution in [2.75, 3.05) is 18.2 Å². The van der Waals surface area contributed by atoms with E-state index in [0.29, 0.717) is 0 Å². The van der Waals surface area contributed by atoms with Gasteiger partial charge in [0.25, 0.3) is 0 Å². The lowest BCUT2D eigenvalue weighted by atomic mass is 10.1. The van der Waals surface area contributed by atoms with Crippen molar-refractivity contribution < 1.29 is 4.74 Å². The molecule has 0 saturated heterocycles. The fraction of sp³-hybridized carbons (Fsp3) is 0.0526. The van der Waals surface area contributed by atoms with Crippen LogP contribution in [-0.4, -0.2) is 22.1 Å². The zero-order valence-corrected chi connectivity index (χ0v) is 14.0. The van der Waals surface area contributed by atoms with E-state index in [9.17, 15) is 5.26 Å². The van der Waals surface area contributed by atoms with Crippen molar-refractivity contribution in [3.8, 4) is 11.8 Å². The zero-order chi connectivity index (χ0) is 18.4. The van der Waals surface area contributed by atoms with Crippen LogP contribution in [0.25, 0.3) is 11.6 Å². The molecule has 3 aromatic rings. The highest BCUT2D eigenvalue weighted by molar-refractivity contribution is 5.87. The van der Waals surface area contributed by atoms with Crippen molar-refractivity contribution in [3.63, 3.8) is 0 Å². The van der Waals surface area contributed by atoms with Gasteiger partial charge in [0, 0.05) is 5.69 Å². The Kier molecular flexibility index (Phi) is 5.05. The van der Waals surface area contributed by atoms with Crippen molar-refractivity contribution in [1.29, 1.82) is 5.26 Å². The van der Waals surface area contributed by atoms with Gasteiger partial charge >= 0.3 is 0 Å². The second kappa shape index (κ2) is 7.77. The summed E-state index contributed by atoms with van der Waals surface area (Å²) < 4.78 is 5.13. The van der Waals surface area contributed by atoms with Crippen LogP contribution in [0.15, 0.2) is 54.6 Å². The fourth-order valence-electron chi connectivity index (χ4n) is 2.23. The second-order valence-electron chi connectivity index (χ2n) is 5.27. The van der Waals surface area contributed by atoms with E-state index in [1.165, 1.54) is 0 Å². The van der Waals surface area contributed by atoms with Gasteiger partial charge in [-0.15, -0.1) is 0 Å². The summed E-state index contributed by atoms with van der Waals surface area (Å²) in [4.78, 5) is 12.4. The van der Waals surface area contributed by atoms with Gasteiger partial charge in [0.2, 0.25) is 11.9 Å². The molecule has 3 rings (SSSR count). The lowest BCUT2D eigenvalue weighted by molar-refractivity contribution is 0.415. The minimum absolute atomic E-state index is 0.0318. The van der Waals surface area contributed by atoms with Crippen molar-refractivity contribution in [3.05, 3.63) is 66.0 Å². The maximum absolute atomic E-state index is 9.51. The Balaban J connectivity index is 1.92. The monoisotopic (exact) mass is 344 g/mol. The normalized spacial score (nSPS) is 10.8. The van der Waals surface area contributed by atoms with E-state index in [2.05, 4.69) is 26.3 Å². The summed E-state index contributed by atoms with van der Waals surface area (Å²) in [6.07, 6.45) is 1.68. The van der Waals surface area contributed by atoms with Gasteiger partial charge in [-0.25, -0.2) is 0 Å². The number of hydrogen-bond donors (Lipinski definition) is 2. The van der Waals surface area contributed by atoms with E-state index in [1.54, 1.807) is 13.2 Å². The Morgan fingerprint density at radius 2 is 1.81 bits per heavy atom. The minimum atomic E-state index is 0.0318. The molecule has 3 N–H and O–H groups in total. The molecule has 0 saturated carbocycles. The highest BCUT2D eigenvalue weighted by Crippen LogP contribution is 2.20. The summed E-state index contributed by atoms with van der Waals surface area (Å²) in [5, 5.41) is 12.6. The first-order valence-corrected chi connectivity index (χ1v) is 7.78. The number of nitriles is 1. The van der Waals surface area contributed by atoms with E-state index < -0.39 is 0 Å². The summed E-state index contributed by atoms with van der Waals surface area (Å²) in [5.41, 5.74) is 7.69. The SMILES string of the molecule is COc1ccc(/C=C(\C#N)c2nc(N)nc(Nc3ccccc3)n2)cc1. The summed E-state index contributed by atoms with van der Waals surface area (Å²) in [7, 11) is 1.60. The number of ether oxygens (including phenoxy) is 1. The predicted molar refractivity (Wildman–Crippen MR) is 100 cm³/mol. The Bertz CT molecular complexity index is 962. The Hall–Kier alpha value is -3.92. The molecule has 128 valence electrons. The average molecular weight is 344 g/mol. The first-order chi connectivity index (χ1) is 12.7. The highest BCUT2D eigenvalue weighted by Gasteiger charge is 2.10. The van der Waals surface area contributed by atoms with Crippen molar-refractivity contribution in [1.82, 2.24) is 15.0 Å². The third-order valence-corrected chi connectivity index (χ3v) is 3.47. The van der Waals surface area contributed by atoms with Gasteiger partial charge in [-0.05, 0) is 35.9 Å². The number of nitrogen functional groups attached to an aromatic ring is 1. The molecule has 0 aliphatic carbocycles. The zero-order valence-electron chi connectivity index (χ0n) is 14.0. The van der Waals surface area contributed by atoms with E-state index in [1.807, 2.05) is 54.6 Å². The number of allylic oxidation sites excluding steroid dienone is 1. The maximum Gasteiger partial charge on any atom is 0.232 e. The predicted octanol–water partition coefficient (Wildman–Crippen LogP) is 3.27. The molecule has 0 bridgehead atoms. The Morgan fingerprint density at radius 1 is 1.08 bits per heavy atom. The molecule has 7 nitrogen and oxygen atoms in total. The van der Waals surface area contributed by atoms with Crippen molar-refractivity contribution in [2.45, 2.75) is 0 Å². The number of rotatable bonds is 5. The van der Waals surface area contributed by atoms with Gasteiger partial charge in [0.05, 0.1) is 12.7 Å². The molecule has 1 aromatic heterocycles. The number of nitrogens with two attached hydrogens (primary N) is 1. The van der Waals surface area contributed by atoms with Gasteiger partial charge in [0.1, 0.15) is 11.8 Å². The van der Waals surface area contributed by atoms with Crippen LogP contribution in [0.4, 0.5) is 17.6 Å². The molecule has 0 unspecified atom stereocenters. The van der Waals surface area contributed by atoms with Gasteiger partial charge in [-0.1, -0.05) is 30.3 Å². The first-order valence-electron chi connectivity index (χ1n) is 7.78. The molecule has 0 aliphatic rings. The minimum Gasteiger partial charge on any atom is -0.497 e. The number of methoxy groups -OCH3 is 1. The van der Waals surface area contributed by atoms with Crippen LogP contribution in [0, 0.1) is 11.3 Å². The van der Waals surface area contributed by atoms with E-state index in [-0.39, 0.29) is 23.3 Å². The summed E-state index contributed by atoms with van der Waals surface area (Å²) >= 11 is 0. The molecule has 0 spiro atoms. The van der Waals surface area contributed by atoms with Crippen LogP contribution in [0.5, 0.6) is 5.75 Å². The number of aromatic nitrogens is 3. The number of para-hydroxylation sites is 1. The number of hydrogen-bond acceptors (Lipinski definition) is 7. The van der Waals surface area contributed by atoms with Crippen LogP contribution in [0.2, 0.25) is 0 Å². The van der Waals surface area contributed by atoms with Crippen LogP contribution >= 0.6 is 0 Å². The summed E-state index contributed by atoms with van der Waals surface area (Å²) in [5.74, 6) is 1.24. The molecule has 0 aliphatic heterocycles. The van der Waals surface area contributed by atoms with Gasteiger partial charge in [0.15, 0.2) is 5.82 Å². The van der Waals surface area contributed by atoms with Crippen LogP contribution in [0.3, 0.4) is 0 Å². The fourth-order valence-corrected chi connectivity index (χ4v) is 2.23.